The molecule has 0 bridgehead atoms. The number of aliphatic carboxylic acids is 1. The van der Waals surface area contributed by atoms with Crippen molar-refractivity contribution in [2.45, 2.75) is 32.7 Å². The van der Waals surface area contributed by atoms with Gasteiger partial charge in [0.1, 0.15) is 12.4 Å². The molecular weight excluding hydrogens is 430 g/mol. The maximum Gasteiger partial charge on any atom is 0.331 e. The van der Waals surface area contributed by atoms with Crippen molar-refractivity contribution in [2.24, 2.45) is 0 Å². The van der Waals surface area contributed by atoms with E-state index in [4.69, 9.17) is 13.9 Å². The van der Waals surface area contributed by atoms with Crippen LogP contribution in [-0.2, 0) is 16.1 Å². The zero-order valence-corrected chi connectivity index (χ0v) is 19.5. The van der Waals surface area contributed by atoms with E-state index in [-0.39, 0.29) is 0 Å². The number of carboxylic acid groups (broad SMARTS) is 1. The van der Waals surface area contributed by atoms with E-state index >= 15 is 0 Å². The Morgan fingerprint density at radius 3 is 2.62 bits per heavy atom. The summed E-state index contributed by atoms with van der Waals surface area (Å²) in [6, 6.07) is 16.1. The average Bonchev–Trinajstić information content (AvgIpc) is 3.29. The molecule has 0 unspecified atom stereocenters. The number of fused-ring (bicyclic) bond motifs is 1. The lowest BCUT2D eigenvalue weighted by molar-refractivity contribution is -0.132. The topological polar surface area (TPSA) is 72.1 Å². The normalized spacial score (nSPS) is 13.2. The second-order valence-corrected chi connectivity index (χ2v) is 8.39. The van der Waals surface area contributed by atoms with E-state index in [0.717, 1.165) is 53.1 Å². The number of carbonyl (C=O) groups is 1. The molecule has 0 saturated carbocycles. The van der Waals surface area contributed by atoms with Gasteiger partial charge in [0.2, 0.25) is 0 Å². The van der Waals surface area contributed by atoms with Crippen LogP contribution in [0.15, 0.2) is 71.0 Å². The van der Waals surface area contributed by atoms with Gasteiger partial charge in [0, 0.05) is 36.5 Å². The van der Waals surface area contributed by atoms with Crippen molar-refractivity contribution in [1.82, 2.24) is 0 Å². The fourth-order valence-electron chi connectivity index (χ4n) is 4.02. The number of unbranched alkanes of at least 4 members (excludes halogenated alkanes) is 1. The molecule has 178 valence electrons. The standard InChI is InChI=1S/C28H31NO5/c1-2-3-13-32-15-16-34-26-7-4-22(5-8-26)23-6-9-27-25(17-23)18-24(28(30)31)10-12-29(27)19-21-11-14-33-20-21/h4-9,11,14,17-18,20H,2-3,10,12-13,15-16,19H2,1H3,(H,30,31). The Hall–Kier alpha value is -3.51. The molecule has 0 spiro atoms. The highest BCUT2D eigenvalue weighted by molar-refractivity contribution is 5.94. The van der Waals surface area contributed by atoms with Crippen LogP contribution in [0.4, 0.5) is 5.69 Å². The number of hydrogen-bond donors (Lipinski definition) is 1. The number of rotatable bonds is 11. The molecule has 6 heteroatoms. The van der Waals surface area contributed by atoms with E-state index in [1.807, 2.05) is 30.3 Å². The third-order valence-corrected chi connectivity index (χ3v) is 5.90. The van der Waals surface area contributed by atoms with E-state index in [2.05, 4.69) is 30.0 Å². The molecule has 0 aliphatic carbocycles. The average molecular weight is 462 g/mol. The summed E-state index contributed by atoms with van der Waals surface area (Å²) in [5, 5.41) is 9.66. The minimum absolute atomic E-state index is 0.415. The number of carboxylic acids is 1. The highest BCUT2D eigenvalue weighted by atomic mass is 16.5. The number of furan rings is 1. The Bertz CT molecular complexity index is 1100. The zero-order valence-electron chi connectivity index (χ0n) is 19.5. The fourth-order valence-corrected chi connectivity index (χ4v) is 4.02. The Balaban J connectivity index is 1.50. The van der Waals surface area contributed by atoms with Crippen LogP contribution in [-0.4, -0.2) is 37.4 Å². The van der Waals surface area contributed by atoms with Crippen molar-refractivity contribution < 1.29 is 23.8 Å². The predicted octanol–water partition coefficient (Wildman–Crippen LogP) is 6.02. The molecular formula is C28H31NO5. The highest BCUT2D eigenvalue weighted by Crippen LogP contribution is 2.33. The number of ether oxygens (including phenoxy) is 2. The van der Waals surface area contributed by atoms with Gasteiger partial charge in [-0.25, -0.2) is 4.79 Å². The lowest BCUT2D eigenvalue weighted by Gasteiger charge is -2.25. The highest BCUT2D eigenvalue weighted by Gasteiger charge is 2.20. The number of nitrogens with zero attached hydrogens (tertiary/aromatic N) is 1. The monoisotopic (exact) mass is 461 g/mol. The number of hydrogen-bond acceptors (Lipinski definition) is 5. The van der Waals surface area contributed by atoms with Crippen molar-refractivity contribution in [1.29, 1.82) is 0 Å². The van der Waals surface area contributed by atoms with E-state index in [9.17, 15) is 9.90 Å². The van der Waals surface area contributed by atoms with Gasteiger partial charge in [-0.3, -0.25) is 0 Å². The van der Waals surface area contributed by atoms with E-state index in [1.54, 1.807) is 18.6 Å². The number of anilines is 1. The molecule has 0 amide bonds. The summed E-state index contributed by atoms with van der Waals surface area (Å²) in [7, 11) is 0. The molecule has 1 aromatic heterocycles. The molecule has 2 aromatic carbocycles. The summed E-state index contributed by atoms with van der Waals surface area (Å²) in [5.41, 5.74) is 5.47. The third-order valence-electron chi connectivity index (χ3n) is 5.90. The summed E-state index contributed by atoms with van der Waals surface area (Å²) >= 11 is 0. The van der Waals surface area contributed by atoms with Crippen molar-refractivity contribution in [3.05, 3.63) is 77.8 Å². The van der Waals surface area contributed by atoms with Crippen LogP contribution in [0.5, 0.6) is 5.75 Å². The molecule has 1 aliphatic rings. The van der Waals surface area contributed by atoms with Gasteiger partial charge in [0.15, 0.2) is 0 Å². The van der Waals surface area contributed by atoms with Gasteiger partial charge in [-0.05, 0) is 65.9 Å². The van der Waals surface area contributed by atoms with Crippen LogP contribution in [0.1, 0.15) is 37.3 Å². The first-order chi connectivity index (χ1) is 16.6. The molecule has 3 aromatic rings. The van der Waals surface area contributed by atoms with Crippen LogP contribution in [0, 0.1) is 0 Å². The summed E-state index contributed by atoms with van der Waals surface area (Å²) in [6.07, 6.45) is 7.86. The van der Waals surface area contributed by atoms with Gasteiger partial charge in [0.05, 0.1) is 19.1 Å². The maximum absolute atomic E-state index is 11.8. The van der Waals surface area contributed by atoms with E-state index in [1.165, 1.54) is 0 Å². The van der Waals surface area contributed by atoms with Crippen LogP contribution in [0.3, 0.4) is 0 Å². The molecule has 4 rings (SSSR count). The lowest BCUT2D eigenvalue weighted by atomic mass is 10.00. The lowest BCUT2D eigenvalue weighted by Crippen LogP contribution is -2.24. The summed E-state index contributed by atoms with van der Waals surface area (Å²) in [6.45, 7) is 5.32. The first-order valence-electron chi connectivity index (χ1n) is 11.8. The van der Waals surface area contributed by atoms with Crippen LogP contribution >= 0.6 is 0 Å². The largest absolute Gasteiger partial charge is 0.491 e. The van der Waals surface area contributed by atoms with Crippen molar-refractivity contribution in [2.75, 3.05) is 31.3 Å². The molecule has 0 saturated heterocycles. The van der Waals surface area contributed by atoms with Crippen LogP contribution < -0.4 is 9.64 Å². The fraction of sp³-hybridized carbons (Fsp3) is 0.321. The van der Waals surface area contributed by atoms with Crippen LogP contribution in [0.2, 0.25) is 0 Å². The second-order valence-electron chi connectivity index (χ2n) is 8.39. The first-order valence-corrected chi connectivity index (χ1v) is 11.8. The molecule has 1 N–H and O–H groups in total. The molecule has 0 atom stereocenters. The Labute approximate surface area is 200 Å². The van der Waals surface area contributed by atoms with Crippen LogP contribution in [0.25, 0.3) is 17.2 Å². The Kier molecular flexibility index (Phi) is 8.04. The molecule has 0 fully saturated rings. The zero-order chi connectivity index (χ0) is 23.8. The number of benzene rings is 2. The smallest absolute Gasteiger partial charge is 0.331 e. The Morgan fingerprint density at radius 1 is 1.06 bits per heavy atom. The first kappa shape index (κ1) is 23.6. The van der Waals surface area contributed by atoms with Gasteiger partial charge in [-0.2, -0.15) is 0 Å². The van der Waals surface area contributed by atoms with Crippen molar-refractivity contribution in [3.63, 3.8) is 0 Å². The maximum atomic E-state index is 11.8. The van der Waals surface area contributed by atoms with Gasteiger partial charge < -0.3 is 23.9 Å². The van der Waals surface area contributed by atoms with Gasteiger partial charge in [0.25, 0.3) is 0 Å². The van der Waals surface area contributed by atoms with Crippen molar-refractivity contribution in [3.8, 4) is 16.9 Å². The van der Waals surface area contributed by atoms with Gasteiger partial charge in [-0.1, -0.05) is 31.5 Å². The summed E-state index contributed by atoms with van der Waals surface area (Å²) in [5.74, 6) is -0.0707. The second kappa shape index (κ2) is 11.6. The summed E-state index contributed by atoms with van der Waals surface area (Å²) < 4.78 is 16.5. The SMILES string of the molecule is CCCCOCCOc1ccc(-c2ccc3c(c2)C=C(C(=O)O)CCN3Cc2ccoc2)cc1. The minimum atomic E-state index is -0.873. The minimum Gasteiger partial charge on any atom is -0.491 e. The summed E-state index contributed by atoms with van der Waals surface area (Å²) in [4.78, 5) is 14.0. The molecule has 2 heterocycles. The predicted molar refractivity (Wildman–Crippen MR) is 133 cm³/mol. The van der Waals surface area contributed by atoms with Gasteiger partial charge >= 0.3 is 5.97 Å². The van der Waals surface area contributed by atoms with E-state index < -0.39 is 5.97 Å². The quantitative estimate of drug-likeness (QED) is 0.352. The third kappa shape index (κ3) is 6.08. The molecule has 34 heavy (non-hydrogen) atoms. The van der Waals surface area contributed by atoms with Crippen molar-refractivity contribution >= 4 is 17.7 Å². The molecule has 0 radical (unpaired) electrons. The molecule has 6 nitrogen and oxygen atoms in total. The van der Waals surface area contributed by atoms with E-state index in [0.29, 0.717) is 38.3 Å². The Morgan fingerprint density at radius 2 is 1.88 bits per heavy atom. The molecule has 1 aliphatic heterocycles. The van der Waals surface area contributed by atoms with Gasteiger partial charge in [-0.15, -0.1) is 0 Å².